The summed E-state index contributed by atoms with van der Waals surface area (Å²) >= 11 is 5.93. The molecule has 0 atom stereocenters. The SMILES string of the molecule is O=C(NC1CCN(c2ccccn2)CC1)c1cnoc1-c1ccc(Cl)cc1. The van der Waals surface area contributed by atoms with Crippen molar-refractivity contribution >= 4 is 23.3 Å². The Kier molecular flexibility index (Phi) is 5.07. The van der Waals surface area contributed by atoms with Crippen molar-refractivity contribution < 1.29 is 9.32 Å². The van der Waals surface area contributed by atoms with Crippen molar-refractivity contribution in [1.82, 2.24) is 15.5 Å². The molecule has 0 bridgehead atoms. The fraction of sp³-hybridized carbons (Fsp3) is 0.250. The topological polar surface area (TPSA) is 71.3 Å². The fourth-order valence-corrected chi connectivity index (χ4v) is 3.39. The van der Waals surface area contributed by atoms with Crippen molar-refractivity contribution in [3.8, 4) is 11.3 Å². The van der Waals surface area contributed by atoms with E-state index in [4.69, 9.17) is 16.1 Å². The molecule has 1 aliphatic heterocycles. The number of amides is 1. The van der Waals surface area contributed by atoms with Crippen molar-refractivity contribution in [3.05, 3.63) is 65.4 Å². The van der Waals surface area contributed by atoms with E-state index in [0.717, 1.165) is 37.3 Å². The van der Waals surface area contributed by atoms with E-state index in [0.29, 0.717) is 16.3 Å². The maximum Gasteiger partial charge on any atom is 0.257 e. The van der Waals surface area contributed by atoms with E-state index >= 15 is 0 Å². The van der Waals surface area contributed by atoms with E-state index < -0.39 is 0 Å². The largest absolute Gasteiger partial charge is 0.356 e. The Labute approximate surface area is 162 Å². The van der Waals surface area contributed by atoms with Gasteiger partial charge >= 0.3 is 0 Å². The van der Waals surface area contributed by atoms with Gasteiger partial charge in [-0.05, 0) is 49.2 Å². The Morgan fingerprint density at radius 3 is 2.63 bits per heavy atom. The molecule has 1 N–H and O–H groups in total. The second kappa shape index (κ2) is 7.80. The van der Waals surface area contributed by atoms with Gasteiger partial charge in [0.2, 0.25) is 0 Å². The predicted molar refractivity (Wildman–Crippen MR) is 104 cm³/mol. The van der Waals surface area contributed by atoms with Crippen LogP contribution in [0.5, 0.6) is 0 Å². The number of hydrogen-bond acceptors (Lipinski definition) is 5. The zero-order valence-electron chi connectivity index (χ0n) is 14.6. The molecule has 1 aliphatic rings. The van der Waals surface area contributed by atoms with Crippen molar-refractivity contribution in [1.29, 1.82) is 0 Å². The summed E-state index contributed by atoms with van der Waals surface area (Å²) in [6.45, 7) is 1.71. The lowest BCUT2D eigenvalue weighted by Gasteiger charge is -2.33. The summed E-state index contributed by atoms with van der Waals surface area (Å²) in [5, 5.41) is 7.53. The van der Waals surface area contributed by atoms with E-state index in [-0.39, 0.29) is 11.9 Å². The molecule has 1 fully saturated rings. The van der Waals surface area contributed by atoms with E-state index in [1.165, 1.54) is 6.20 Å². The lowest BCUT2D eigenvalue weighted by atomic mass is 10.0. The van der Waals surface area contributed by atoms with Crippen LogP contribution in [-0.4, -0.2) is 35.2 Å². The van der Waals surface area contributed by atoms with Crippen LogP contribution in [0, 0.1) is 0 Å². The van der Waals surface area contributed by atoms with Gasteiger partial charge in [-0.15, -0.1) is 0 Å². The molecule has 138 valence electrons. The number of nitrogens with one attached hydrogen (secondary N) is 1. The quantitative estimate of drug-likeness (QED) is 0.743. The van der Waals surface area contributed by atoms with E-state index in [1.807, 2.05) is 30.3 Å². The number of anilines is 1. The Bertz CT molecular complexity index is 903. The Morgan fingerprint density at radius 1 is 1.15 bits per heavy atom. The Balaban J connectivity index is 1.39. The number of piperidine rings is 1. The molecule has 2 aromatic heterocycles. The van der Waals surface area contributed by atoms with Crippen LogP contribution in [0.2, 0.25) is 5.02 Å². The van der Waals surface area contributed by atoms with Crippen LogP contribution in [-0.2, 0) is 0 Å². The van der Waals surface area contributed by atoms with Crippen LogP contribution in [0.3, 0.4) is 0 Å². The van der Waals surface area contributed by atoms with Crippen molar-refractivity contribution in [2.24, 2.45) is 0 Å². The van der Waals surface area contributed by atoms with Crippen LogP contribution in [0.25, 0.3) is 11.3 Å². The molecule has 1 aromatic carbocycles. The number of carbonyl (C=O) groups is 1. The minimum absolute atomic E-state index is 0.116. The molecule has 1 saturated heterocycles. The molecular weight excluding hydrogens is 364 g/mol. The molecule has 27 heavy (non-hydrogen) atoms. The number of carbonyl (C=O) groups excluding carboxylic acids is 1. The van der Waals surface area contributed by atoms with Crippen molar-refractivity contribution in [2.75, 3.05) is 18.0 Å². The molecule has 3 aromatic rings. The van der Waals surface area contributed by atoms with Crippen molar-refractivity contribution in [2.45, 2.75) is 18.9 Å². The van der Waals surface area contributed by atoms with Gasteiger partial charge < -0.3 is 14.7 Å². The molecule has 3 heterocycles. The smallest absolute Gasteiger partial charge is 0.257 e. The van der Waals surface area contributed by atoms with Gasteiger partial charge in [0.1, 0.15) is 11.4 Å². The Hall–Kier alpha value is -2.86. The van der Waals surface area contributed by atoms with Crippen molar-refractivity contribution in [3.63, 3.8) is 0 Å². The first-order valence-corrected chi connectivity index (χ1v) is 9.26. The minimum atomic E-state index is -0.169. The van der Waals surface area contributed by atoms with E-state index in [1.54, 1.807) is 18.3 Å². The normalized spacial score (nSPS) is 14.9. The third kappa shape index (κ3) is 3.95. The van der Waals surface area contributed by atoms with Gasteiger partial charge in [-0.1, -0.05) is 22.8 Å². The summed E-state index contributed by atoms with van der Waals surface area (Å²) in [6.07, 6.45) is 4.99. The zero-order chi connectivity index (χ0) is 18.6. The molecule has 6 nitrogen and oxygen atoms in total. The second-order valence-electron chi connectivity index (χ2n) is 6.50. The first-order chi connectivity index (χ1) is 13.2. The molecule has 0 unspecified atom stereocenters. The average molecular weight is 383 g/mol. The molecule has 0 spiro atoms. The van der Waals surface area contributed by atoms with Crippen LogP contribution >= 0.6 is 11.6 Å². The highest BCUT2D eigenvalue weighted by molar-refractivity contribution is 6.30. The maximum atomic E-state index is 12.7. The van der Waals surface area contributed by atoms with Gasteiger partial charge in [0.25, 0.3) is 5.91 Å². The predicted octanol–water partition coefficient (Wildman–Crippen LogP) is 3.79. The number of pyridine rings is 1. The molecule has 1 amide bonds. The summed E-state index contributed by atoms with van der Waals surface area (Å²) in [4.78, 5) is 19.3. The fourth-order valence-electron chi connectivity index (χ4n) is 3.27. The van der Waals surface area contributed by atoms with Crippen LogP contribution in [0.4, 0.5) is 5.82 Å². The van der Waals surface area contributed by atoms with Gasteiger partial charge in [-0.3, -0.25) is 4.79 Å². The summed E-state index contributed by atoms with van der Waals surface area (Å²) in [5.74, 6) is 1.26. The van der Waals surface area contributed by atoms with Gasteiger partial charge in [0, 0.05) is 35.9 Å². The number of nitrogens with zero attached hydrogens (tertiary/aromatic N) is 3. The number of halogens is 1. The molecule has 0 saturated carbocycles. The number of hydrogen-bond donors (Lipinski definition) is 1. The van der Waals surface area contributed by atoms with Crippen LogP contribution in [0.1, 0.15) is 23.2 Å². The van der Waals surface area contributed by atoms with E-state index in [9.17, 15) is 4.79 Å². The molecule has 0 radical (unpaired) electrons. The average Bonchev–Trinajstić information content (AvgIpc) is 3.20. The van der Waals surface area contributed by atoms with Gasteiger partial charge in [-0.25, -0.2) is 4.98 Å². The third-order valence-electron chi connectivity index (χ3n) is 4.72. The highest BCUT2D eigenvalue weighted by Crippen LogP contribution is 2.25. The summed E-state index contributed by atoms with van der Waals surface area (Å²) in [6, 6.07) is 13.2. The molecule has 7 heteroatoms. The second-order valence-corrected chi connectivity index (χ2v) is 6.93. The first kappa shape index (κ1) is 17.5. The standard InChI is InChI=1S/C20H19ClN4O2/c21-15-6-4-14(5-7-15)19-17(13-23-27-19)20(26)24-16-8-11-25(12-9-16)18-3-1-2-10-22-18/h1-7,10,13,16H,8-9,11-12H2,(H,24,26). The lowest BCUT2D eigenvalue weighted by Crippen LogP contribution is -2.45. The summed E-state index contributed by atoms with van der Waals surface area (Å²) < 4.78 is 5.31. The number of rotatable bonds is 4. The lowest BCUT2D eigenvalue weighted by molar-refractivity contribution is 0.0931. The number of aromatic nitrogens is 2. The summed E-state index contributed by atoms with van der Waals surface area (Å²) in [5.41, 5.74) is 1.21. The van der Waals surface area contributed by atoms with Crippen LogP contribution in [0.15, 0.2) is 59.4 Å². The highest BCUT2D eigenvalue weighted by Gasteiger charge is 2.24. The van der Waals surface area contributed by atoms with Gasteiger partial charge in [0.15, 0.2) is 5.76 Å². The summed E-state index contributed by atoms with van der Waals surface area (Å²) in [7, 11) is 0. The first-order valence-electron chi connectivity index (χ1n) is 8.88. The maximum absolute atomic E-state index is 12.7. The monoisotopic (exact) mass is 382 g/mol. The van der Waals surface area contributed by atoms with E-state index in [2.05, 4.69) is 20.4 Å². The number of benzene rings is 1. The third-order valence-corrected chi connectivity index (χ3v) is 4.98. The molecule has 0 aliphatic carbocycles. The Morgan fingerprint density at radius 2 is 1.93 bits per heavy atom. The molecular formula is C20H19ClN4O2. The zero-order valence-corrected chi connectivity index (χ0v) is 15.4. The molecule has 4 rings (SSSR count). The highest BCUT2D eigenvalue weighted by atomic mass is 35.5. The van der Waals surface area contributed by atoms with Gasteiger partial charge in [0.05, 0.1) is 6.20 Å². The van der Waals surface area contributed by atoms with Crippen LogP contribution < -0.4 is 10.2 Å². The minimum Gasteiger partial charge on any atom is -0.356 e. The van der Waals surface area contributed by atoms with Gasteiger partial charge in [-0.2, -0.15) is 0 Å².